The molecule has 5 amide bonds. The van der Waals surface area contributed by atoms with Gasteiger partial charge in [0, 0.05) is 76.5 Å². The molecule has 138 heavy (non-hydrogen) atoms. The van der Waals surface area contributed by atoms with Gasteiger partial charge in [0.1, 0.15) is 91.2 Å². The van der Waals surface area contributed by atoms with Gasteiger partial charge < -0.3 is 112 Å². The topological polar surface area (TPSA) is 334 Å². The lowest BCUT2D eigenvalue weighted by Gasteiger charge is -2.32. The van der Waals surface area contributed by atoms with Gasteiger partial charge in [0.25, 0.3) is 0 Å². The van der Waals surface area contributed by atoms with Crippen LogP contribution in [0.2, 0.25) is 0 Å². The van der Waals surface area contributed by atoms with E-state index in [0.29, 0.717) is 145 Å². The molecule has 762 valence electrons. The minimum Gasteiger partial charge on any atom is -0.508 e. The molecule has 1 fully saturated rings. The van der Waals surface area contributed by atoms with Crippen molar-refractivity contribution < 1.29 is 110 Å². The largest absolute Gasteiger partial charge is 0.508 e. The average Bonchev–Trinajstić information content (AvgIpc) is 1.61. The van der Waals surface area contributed by atoms with Crippen LogP contribution < -0.4 is 74.7 Å². The number of aromatic hydroxyl groups is 2. The molecule has 0 atom stereocenters. The van der Waals surface area contributed by atoms with E-state index in [1.807, 2.05) is 229 Å². The monoisotopic (exact) mass is 2110 g/mol. The smallest absolute Gasteiger partial charge is 0.495 e. The minimum atomic E-state index is -0.578. The third kappa shape index (κ3) is 50.4. The number of hydrogen-bond acceptors (Lipinski definition) is 23. The Morgan fingerprint density at radius 1 is 0.319 bits per heavy atom. The Morgan fingerprint density at radius 3 is 0.833 bits per heavy atom. The number of phenols is 2. The number of phenolic OH excluding ortho intramolecular Hbond substituents is 2. The molecule has 0 bridgehead atoms. The van der Waals surface area contributed by atoms with E-state index >= 15 is 0 Å². The Hall–Kier alpha value is -10.4. The molecule has 0 aromatic heterocycles. The number of fused-ring (bicyclic) bond motifs is 1. The summed E-state index contributed by atoms with van der Waals surface area (Å²) in [6, 6.07) is 46.1. The third-order valence-corrected chi connectivity index (χ3v) is 20.6. The lowest BCUT2D eigenvalue weighted by Crippen LogP contribution is -2.41. The van der Waals surface area contributed by atoms with Crippen molar-refractivity contribution >= 4 is 102 Å². The van der Waals surface area contributed by atoms with E-state index in [0.717, 1.165) is 115 Å². The number of alkyl carbamates (subject to hydrolysis) is 5. The zero-order valence-corrected chi connectivity index (χ0v) is 90.3. The van der Waals surface area contributed by atoms with Gasteiger partial charge in [0.05, 0.1) is 71.2 Å². The van der Waals surface area contributed by atoms with Gasteiger partial charge in [-0.1, -0.05) is 112 Å². The number of carbonyl (C=O) groups excluding carboxylic acids is 5. The zero-order valence-electron chi connectivity index (χ0n) is 85.5. The summed E-state index contributed by atoms with van der Waals surface area (Å²) in [7, 11) is 1.17. The number of aryl methyl sites for hydroxylation is 1. The number of nitrogens with one attached hydrogen (secondary N) is 5. The van der Waals surface area contributed by atoms with Gasteiger partial charge in [-0.05, 0) is 325 Å². The molecule has 1 heterocycles. The number of carbonyl (C=O) groups is 5. The second kappa shape index (κ2) is 58.6. The molecule has 0 aliphatic carbocycles. The van der Waals surface area contributed by atoms with Crippen LogP contribution in [0.3, 0.4) is 0 Å². The Kier molecular flexibility index (Phi) is 50.1. The summed E-state index contributed by atoms with van der Waals surface area (Å²) in [6.07, 6.45) is 6.97. The number of ether oxygens (including phenoxy) is 14. The Morgan fingerprint density at radius 2 is 0.572 bits per heavy atom. The van der Waals surface area contributed by atoms with E-state index < -0.39 is 76.8 Å². The normalized spacial score (nSPS) is 12.5. The maximum Gasteiger partial charge on any atom is 0.495 e. The van der Waals surface area contributed by atoms with Crippen molar-refractivity contribution in [1.29, 1.82) is 0 Å². The predicted octanol–water partition coefficient (Wildman–Crippen LogP) is 25.2. The Balaban J connectivity index is 0.000000367. The number of unbranched alkanes of at least 4 members (excludes halogenated alkanes) is 3. The van der Waals surface area contributed by atoms with Gasteiger partial charge in [0.2, 0.25) is 0 Å². The molecule has 8 aromatic carbocycles. The summed E-state index contributed by atoms with van der Waals surface area (Å²) < 4.78 is 94.5. The number of rotatable bonds is 41. The lowest BCUT2D eigenvalue weighted by atomic mass is 9.79. The molecule has 1 saturated heterocycles. The molecule has 8 aromatic rings. The summed E-state index contributed by atoms with van der Waals surface area (Å²) in [5, 5.41) is 33.5. The summed E-state index contributed by atoms with van der Waals surface area (Å²) in [5.74, 6) is 6.59. The SMILES string of the molecule is CCCCOc1cc(Br)cc(OCCCNC(=O)OC(C)(C)C)c1.CCCCOc1cc(OCCCNC(=O)OC(C)(C)C)cc(-c2ccc3ccc(-c4cc(OCCCNC(=O)OC(C)(C)C)cc(OCCCNC(=O)OC(C)(C)C)c4)cc3c2)c1.CCCCOc1cc(OCCCNC(=O)OC(C)(C)C)cc(B2OC(C)(C)C(C)(C)O2)c1.COc1cc(C)cc(Br)c1.Oc1cc(O)cc(Br)c1. The molecule has 32 heteroatoms. The molecule has 7 N–H and O–H groups in total. The fourth-order valence-corrected chi connectivity index (χ4v) is 13.7. The van der Waals surface area contributed by atoms with Crippen molar-refractivity contribution in [3.8, 4) is 85.5 Å². The van der Waals surface area contributed by atoms with Crippen molar-refractivity contribution in [2.45, 2.75) is 269 Å². The third-order valence-electron chi connectivity index (χ3n) is 19.2. The van der Waals surface area contributed by atoms with Crippen LogP contribution in [-0.2, 0) is 33.0 Å². The molecule has 1 aliphatic rings. The van der Waals surface area contributed by atoms with E-state index in [4.69, 9.17) is 85.8 Å². The zero-order chi connectivity index (χ0) is 102. The van der Waals surface area contributed by atoms with E-state index in [9.17, 15) is 24.0 Å². The van der Waals surface area contributed by atoms with Crippen LogP contribution >= 0.6 is 47.8 Å². The summed E-state index contributed by atoms with van der Waals surface area (Å²) in [6.45, 7) is 50.2. The fraction of sp³-hybridized carbons (Fsp3) is 0.519. The van der Waals surface area contributed by atoms with Gasteiger partial charge in [-0.2, -0.15) is 0 Å². The van der Waals surface area contributed by atoms with Crippen LogP contribution in [0.1, 0.15) is 229 Å². The molecule has 0 radical (unpaired) electrons. The maximum atomic E-state index is 12.1. The number of benzene rings is 8. The molecular formula is C106H151BBr3N5O23. The van der Waals surface area contributed by atoms with Crippen LogP contribution in [0.25, 0.3) is 33.0 Å². The van der Waals surface area contributed by atoms with Gasteiger partial charge in [-0.15, -0.1) is 0 Å². The number of halogens is 3. The number of amides is 5. The summed E-state index contributed by atoms with van der Waals surface area (Å²) in [4.78, 5) is 59.5. The number of hydrogen-bond donors (Lipinski definition) is 7. The number of methoxy groups -OCH3 is 1. The van der Waals surface area contributed by atoms with Crippen molar-refractivity contribution in [3.63, 3.8) is 0 Å². The highest BCUT2D eigenvalue weighted by molar-refractivity contribution is 9.11. The van der Waals surface area contributed by atoms with Gasteiger partial charge in [-0.3, -0.25) is 0 Å². The standard InChI is InChI=1S/C50H69N3O10.C24H40BNO6.C18H28BrNO4.C8H9BrO.C6H5BrO2/c1-11-12-23-57-41-29-39(30-42(33-41)58-24-13-20-51-45(54)61-48(2,3)4)36-18-16-35-17-19-37(28-38(35)27-36)40-31-43(59-25-14-21-52-46(55)62-49(5,6)7)34-44(32-40)60-26-15-22-53-47(56)63-50(8,9)10;1-9-10-13-28-19-15-18(25-31-23(5,6)24(7,8)32-25)16-20(17-19)29-14-11-12-26-21(27)30-22(2,3)4;1-5-6-9-22-15-11-14(19)12-16(13-15)23-10-7-8-20-17(21)24-18(2,3)4;1-6-3-7(9)5-8(4-6)10-2;7-4-1-5(8)3-6(9)2-4/h16-19,27-34H,11-15,20-26H2,1-10H3,(H,51,54)(H,52,55)(H,53,56);15-17H,9-14H2,1-8H3,(H,26,27);11-13H,5-10H2,1-4H3,(H,20,21);3-5H,1-2H3;1-3,8-9H. The molecule has 9 rings (SSSR count). The van der Waals surface area contributed by atoms with Crippen molar-refractivity contribution in [3.05, 3.63) is 165 Å². The first kappa shape index (κ1) is 118. The first-order valence-corrected chi connectivity index (χ1v) is 49.7. The predicted molar refractivity (Wildman–Crippen MR) is 557 cm³/mol. The first-order chi connectivity index (χ1) is 64.8. The van der Waals surface area contributed by atoms with Crippen molar-refractivity contribution in [2.75, 3.05) is 92.7 Å². The van der Waals surface area contributed by atoms with Crippen molar-refractivity contribution in [2.24, 2.45) is 0 Å². The molecule has 0 unspecified atom stereocenters. The van der Waals surface area contributed by atoms with Gasteiger partial charge >= 0.3 is 37.6 Å². The quantitative estimate of drug-likeness (QED) is 0.0106. The van der Waals surface area contributed by atoms with Crippen LogP contribution in [0.4, 0.5) is 24.0 Å². The maximum absolute atomic E-state index is 12.1. The van der Waals surface area contributed by atoms with Crippen LogP contribution in [0.5, 0.6) is 63.2 Å². The fourth-order valence-electron chi connectivity index (χ4n) is 12.2. The van der Waals surface area contributed by atoms with E-state index in [1.165, 1.54) is 23.8 Å². The molecular weight excluding hydrogens is 1960 g/mol. The molecule has 1 aliphatic heterocycles. The first-order valence-electron chi connectivity index (χ1n) is 47.3. The van der Waals surface area contributed by atoms with Gasteiger partial charge in [-0.25, -0.2) is 24.0 Å². The highest BCUT2D eigenvalue weighted by atomic mass is 79.9. The second-order valence-electron chi connectivity index (χ2n) is 38.7. The van der Waals surface area contributed by atoms with E-state index in [2.05, 4.69) is 132 Å². The highest BCUT2D eigenvalue weighted by Gasteiger charge is 2.52. The molecule has 0 spiro atoms. The van der Waals surface area contributed by atoms with Gasteiger partial charge in [0.15, 0.2) is 0 Å². The van der Waals surface area contributed by atoms with E-state index in [1.54, 1.807) is 7.11 Å². The average molecular weight is 2110 g/mol. The van der Waals surface area contributed by atoms with Crippen LogP contribution in [0, 0.1) is 6.92 Å². The summed E-state index contributed by atoms with van der Waals surface area (Å²) in [5.41, 5.74) is 2.32. The van der Waals surface area contributed by atoms with Crippen LogP contribution in [0.15, 0.2) is 159 Å². The lowest BCUT2D eigenvalue weighted by molar-refractivity contribution is 0.00578. The van der Waals surface area contributed by atoms with Crippen LogP contribution in [-0.4, -0.2) is 180 Å². The highest BCUT2D eigenvalue weighted by Crippen LogP contribution is 2.40. The second-order valence-corrected chi connectivity index (χ2v) is 41.5. The molecule has 0 saturated carbocycles. The summed E-state index contributed by atoms with van der Waals surface area (Å²) >= 11 is 9.92. The molecule has 28 nitrogen and oxygen atoms in total. The Bertz CT molecular complexity index is 4920. The van der Waals surface area contributed by atoms with Crippen molar-refractivity contribution in [1.82, 2.24) is 26.6 Å². The Labute approximate surface area is 844 Å². The minimum absolute atomic E-state index is 0.0573. The van der Waals surface area contributed by atoms with E-state index in [-0.39, 0.29) is 11.5 Å².